The van der Waals surface area contributed by atoms with Crippen LogP contribution in [-0.2, 0) is 43.2 Å². The molecular formula is C33H43ClO5Si. The van der Waals surface area contributed by atoms with Gasteiger partial charge in [0.1, 0.15) is 24.4 Å². The zero-order chi connectivity index (χ0) is 28.6. The first-order chi connectivity index (χ1) is 19.1. The average Bonchev–Trinajstić information content (AvgIpc) is 2.94. The molecule has 5 nitrogen and oxygen atoms in total. The van der Waals surface area contributed by atoms with Crippen LogP contribution in [0.4, 0.5) is 0 Å². The van der Waals surface area contributed by atoms with Crippen molar-refractivity contribution >= 4 is 19.9 Å². The van der Waals surface area contributed by atoms with Crippen molar-refractivity contribution in [3.63, 3.8) is 0 Å². The molecule has 1 aliphatic rings. The van der Waals surface area contributed by atoms with Gasteiger partial charge in [-0.15, -0.1) is 0 Å². The Bertz CT molecular complexity index is 1140. The van der Waals surface area contributed by atoms with Gasteiger partial charge >= 0.3 is 0 Å². The Hall–Kier alpha value is -2.03. The molecule has 1 saturated heterocycles. The van der Waals surface area contributed by atoms with Gasteiger partial charge in [0, 0.05) is 0 Å². The highest BCUT2D eigenvalue weighted by molar-refractivity contribution is 6.74. The number of halogens is 1. The van der Waals surface area contributed by atoms with Crippen LogP contribution in [0.5, 0.6) is 0 Å². The molecule has 3 aromatic rings. The highest BCUT2D eigenvalue weighted by Crippen LogP contribution is 2.41. The van der Waals surface area contributed by atoms with Crippen LogP contribution in [0, 0.1) is 0 Å². The van der Waals surface area contributed by atoms with E-state index in [1.165, 1.54) is 0 Å². The molecule has 40 heavy (non-hydrogen) atoms. The van der Waals surface area contributed by atoms with Gasteiger partial charge in [-0.2, -0.15) is 0 Å². The molecule has 0 aliphatic carbocycles. The number of alkyl halides is 1. The molecule has 4 rings (SSSR count). The molecule has 1 heterocycles. The van der Waals surface area contributed by atoms with Crippen LogP contribution in [0.1, 0.15) is 37.5 Å². The van der Waals surface area contributed by atoms with Crippen LogP contribution in [0.2, 0.25) is 18.1 Å². The second-order valence-corrected chi connectivity index (χ2v) is 17.1. The summed E-state index contributed by atoms with van der Waals surface area (Å²) in [4.78, 5) is 0. The summed E-state index contributed by atoms with van der Waals surface area (Å²) in [7, 11) is -2.24. The van der Waals surface area contributed by atoms with Crippen LogP contribution in [0.3, 0.4) is 0 Å². The lowest BCUT2D eigenvalue weighted by Gasteiger charge is -2.49. The molecule has 0 N–H and O–H groups in total. The van der Waals surface area contributed by atoms with Crippen LogP contribution in [0.15, 0.2) is 91.0 Å². The largest absolute Gasteiger partial charge is 0.408 e. The van der Waals surface area contributed by atoms with E-state index >= 15 is 0 Å². The maximum atomic E-state index is 7.06. The summed E-state index contributed by atoms with van der Waals surface area (Å²) in [5, 5.41) is -0.00929. The second kappa shape index (κ2) is 14.2. The van der Waals surface area contributed by atoms with Crippen molar-refractivity contribution in [3.05, 3.63) is 108 Å². The van der Waals surface area contributed by atoms with Crippen LogP contribution < -0.4 is 0 Å². The number of hydrogen-bond acceptors (Lipinski definition) is 5. The zero-order valence-corrected chi connectivity index (χ0v) is 26.1. The van der Waals surface area contributed by atoms with Crippen LogP contribution >= 0.6 is 11.6 Å². The Kier molecular flexibility index (Phi) is 11.0. The van der Waals surface area contributed by atoms with Crippen LogP contribution in [-0.4, -0.2) is 44.9 Å². The average molecular weight is 583 g/mol. The standard InChI is InChI=1S/C33H43ClO5Si/c1-33(2,3)40(4,5)39-29-28(24-35-21-25-15-9-6-10-16-25)38-32(34)31(37-23-27-19-13-8-14-20-27)30(29)36-22-26-17-11-7-12-18-26/h6-20,28-32H,21-24H2,1-5H3/t28-,29-,30+,31-,32+/m1/s1. The molecule has 0 radical (unpaired) electrons. The van der Waals surface area contributed by atoms with E-state index in [1.54, 1.807) is 0 Å². The molecule has 0 unspecified atom stereocenters. The zero-order valence-electron chi connectivity index (χ0n) is 24.3. The molecule has 5 atom stereocenters. The molecule has 0 spiro atoms. The van der Waals surface area contributed by atoms with Crippen molar-refractivity contribution in [2.45, 2.75) is 88.7 Å². The fraction of sp³-hybridized carbons (Fsp3) is 0.455. The predicted molar refractivity (Wildman–Crippen MR) is 163 cm³/mol. The molecule has 1 fully saturated rings. The molecule has 216 valence electrons. The van der Waals surface area contributed by atoms with Gasteiger partial charge in [0.05, 0.1) is 26.4 Å². The van der Waals surface area contributed by atoms with E-state index < -0.39 is 38.3 Å². The molecule has 1 aliphatic heterocycles. The summed E-state index contributed by atoms with van der Waals surface area (Å²) in [5.74, 6) is 0. The molecular weight excluding hydrogens is 540 g/mol. The first kappa shape index (κ1) is 30.9. The fourth-order valence-corrected chi connectivity index (χ4v) is 6.09. The normalized spacial score (nSPS) is 23.7. The summed E-state index contributed by atoms with van der Waals surface area (Å²) >= 11 is 6.92. The topological polar surface area (TPSA) is 46.2 Å². The highest BCUT2D eigenvalue weighted by Gasteiger charge is 2.51. The first-order valence-corrected chi connectivity index (χ1v) is 17.4. The monoisotopic (exact) mass is 582 g/mol. The summed E-state index contributed by atoms with van der Waals surface area (Å²) in [6.07, 6.45) is -1.83. The van der Waals surface area contributed by atoms with Gasteiger partial charge in [0.25, 0.3) is 0 Å². The van der Waals surface area contributed by atoms with Gasteiger partial charge in [0.2, 0.25) is 0 Å². The minimum atomic E-state index is -2.24. The SMILES string of the molecule is CC(C)(C)[Si](C)(C)O[C@H]1[C@H](OCc2ccccc2)[C@@H](OCc2ccccc2)[C@@H](Cl)O[C@@H]1COCc1ccccc1. The lowest BCUT2D eigenvalue weighted by atomic mass is 9.99. The Morgan fingerprint density at radius 1 is 0.675 bits per heavy atom. The third-order valence-electron chi connectivity index (χ3n) is 7.78. The van der Waals surface area contributed by atoms with Gasteiger partial charge in [0.15, 0.2) is 13.9 Å². The number of hydrogen-bond donors (Lipinski definition) is 0. The second-order valence-electron chi connectivity index (χ2n) is 11.9. The summed E-state index contributed by atoms with van der Waals surface area (Å²) in [6, 6.07) is 30.3. The summed E-state index contributed by atoms with van der Waals surface area (Å²) in [5.41, 5.74) is 2.51. The van der Waals surface area contributed by atoms with Crippen molar-refractivity contribution in [3.8, 4) is 0 Å². The van der Waals surface area contributed by atoms with E-state index in [1.807, 2.05) is 66.7 Å². The smallest absolute Gasteiger partial charge is 0.192 e. The third-order valence-corrected chi connectivity index (χ3v) is 12.6. The van der Waals surface area contributed by atoms with Crippen molar-refractivity contribution in [2.24, 2.45) is 0 Å². The van der Waals surface area contributed by atoms with Crippen molar-refractivity contribution < 1.29 is 23.4 Å². The molecule has 0 aromatic heterocycles. The van der Waals surface area contributed by atoms with E-state index in [2.05, 4.69) is 58.1 Å². The van der Waals surface area contributed by atoms with Crippen molar-refractivity contribution in [1.82, 2.24) is 0 Å². The Morgan fingerprint density at radius 3 is 1.60 bits per heavy atom. The fourth-order valence-electron chi connectivity index (χ4n) is 4.42. The Labute approximate surface area is 245 Å². The third kappa shape index (κ3) is 8.49. The van der Waals surface area contributed by atoms with Crippen LogP contribution in [0.25, 0.3) is 0 Å². The van der Waals surface area contributed by atoms with Gasteiger partial charge in [-0.25, -0.2) is 0 Å². The number of ether oxygens (including phenoxy) is 4. The van der Waals surface area contributed by atoms with Crippen molar-refractivity contribution in [1.29, 1.82) is 0 Å². The van der Waals surface area contributed by atoms with E-state index in [9.17, 15) is 0 Å². The highest BCUT2D eigenvalue weighted by atomic mass is 35.5. The van der Waals surface area contributed by atoms with Gasteiger partial charge in [-0.3, -0.25) is 0 Å². The maximum Gasteiger partial charge on any atom is 0.192 e. The lowest BCUT2D eigenvalue weighted by molar-refractivity contribution is -0.238. The van der Waals surface area contributed by atoms with Gasteiger partial charge in [-0.05, 0) is 34.8 Å². The van der Waals surface area contributed by atoms with Crippen molar-refractivity contribution in [2.75, 3.05) is 6.61 Å². The number of rotatable bonds is 12. The van der Waals surface area contributed by atoms with E-state index in [0.29, 0.717) is 26.4 Å². The Balaban J connectivity index is 1.60. The minimum Gasteiger partial charge on any atom is -0.408 e. The quantitative estimate of drug-likeness (QED) is 0.161. The van der Waals surface area contributed by atoms with E-state index in [4.69, 9.17) is 35.0 Å². The summed E-state index contributed by atoms with van der Waals surface area (Å²) < 4.78 is 32.7. The predicted octanol–water partition coefficient (Wildman–Crippen LogP) is 7.73. The minimum absolute atomic E-state index is 0.00929. The first-order valence-electron chi connectivity index (χ1n) is 14.0. The Morgan fingerprint density at radius 2 is 1.12 bits per heavy atom. The van der Waals surface area contributed by atoms with E-state index in [0.717, 1.165) is 16.7 Å². The maximum absolute atomic E-state index is 7.06. The summed E-state index contributed by atoms with van der Waals surface area (Å²) in [6.45, 7) is 12.8. The number of benzene rings is 3. The molecule has 3 aromatic carbocycles. The molecule has 7 heteroatoms. The van der Waals surface area contributed by atoms with E-state index in [-0.39, 0.29) is 5.04 Å². The molecule has 0 saturated carbocycles. The molecule has 0 amide bonds. The van der Waals surface area contributed by atoms with Gasteiger partial charge < -0.3 is 23.4 Å². The lowest BCUT2D eigenvalue weighted by Crippen LogP contribution is -2.63. The van der Waals surface area contributed by atoms with Gasteiger partial charge in [-0.1, -0.05) is 123 Å². The molecule has 0 bridgehead atoms.